The molecule has 0 atom stereocenters. The summed E-state index contributed by atoms with van der Waals surface area (Å²) >= 11 is 8.08. The van der Waals surface area contributed by atoms with E-state index in [0.717, 1.165) is 25.5 Å². The molecule has 0 saturated carbocycles. The summed E-state index contributed by atoms with van der Waals surface area (Å²) in [4.78, 5) is 15.9. The molecule has 22 heavy (non-hydrogen) atoms. The summed E-state index contributed by atoms with van der Waals surface area (Å²) in [5.41, 5.74) is 0. The highest BCUT2D eigenvalue weighted by molar-refractivity contribution is 8.13. The van der Waals surface area contributed by atoms with Crippen LogP contribution < -0.4 is 10.0 Å². The SMILES string of the molecule is COP(=S)(CCCCNSCNC(=O)ON=C(C)SC)OC. The highest BCUT2D eigenvalue weighted by atomic mass is 32.5. The molecule has 7 nitrogen and oxygen atoms in total. The van der Waals surface area contributed by atoms with Crippen molar-refractivity contribution in [3.8, 4) is 0 Å². The molecule has 0 aliphatic heterocycles. The number of nitrogens with one attached hydrogen (secondary N) is 2. The number of carbonyl (C=O) groups is 1. The lowest BCUT2D eigenvalue weighted by Gasteiger charge is -2.17. The average Bonchev–Trinajstić information content (AvgIpc) is 2.54. The average molecular weight is 390 g/mol. The minimum absolute atomic E-state index is 0.404. The molecule has 0 radical (unpaired) electrons. The van der Waals surface area contributed by atoms with Crippen LogP contribution in [0.5, 0.6) is 0 Å². The van der Waals surface area contributed by atoms with Gasteiger partial charge in [-0.15, -0.1) is 11.8 Å². The van der Waals surface area contributed by atoms with Crippen molar-refractivity contribution in [2.75, 3.05) is 39.1 Å². The summed E-state index contributed by atoms with van der Waals surface area (Å²) in [5.74, 6) is 0.404. The predicted octanol–water partition coefficient (Wildman–Crippen LogP) is 2.99. The van der Waals surface area contributed by atoms with Gasteiger partial charge in [0, 0.05) is 26.9 Å². The fourth-order valence-electron chi connectivity index (χ4n) is 1.15. The normalized spacial score (nSPS) is 12.3. The molecule has 0 bridgehead atoms. The fourth-order valence-corrected chi connectivity index (χ4v) is 3.36. The maximum absolute atomic E-state index is 11.2. The van der Waals surface area contributed by atoms with E-state index in [0.29, 0.717) is 10.9 Å². The van der Waals surface area contributed by atoms with Crippen LogP contribution in [0.2, 0.25) is 0 Å². The molecule has 0 aromatic carbocycles. The van der Waals surface area contributed by atoms with Crippen LogP contribution in [0.1, 0.15) is 19.8 Å². The maximum atomic E-state index is 11.2. The summed E-state index contributed by atoms with van der Waals surface area (Å²) in [6, 6.07) is 0. The van der Waals surface area contributed by atoms with E-state index in [-0.39, 0.29) is 0 Å². The molecule has 2 N–H and O–H groups in total. The molecule has 0 saturated heterocycles. The quantitative estimate of drug-likeness (QED) is 0.0816. The third-order valence-electron chi connectivity index (χ3n) is 2.46. The van der Waals surface area contributed by atoms with Gasteiger partial charge in [-0.05, 0) is 37.8 Å². The number of hydrogen-bond donors (Lipinski definition) is 2. The molecule has 1 amide bonds. The van der Waals surface area contributed by atoms with Crippen LogP contribution in [-0.2, 0) is 25.7 Å². The maximum Gasteiger partial charge on any atom is 0.434 e. The first kappa shape index (κ1) is 22.2. The van der Waals surface area contributed by atoms with Gasteiger partial charge in [-0.25, -0.2) is 4.79 Å². The Balaban J connectivity index is 3.51. The third-order valence-corrected chi connectivity index (χ3v) is 7.24. The third kappa shape index (κ3) is 11.7. The zero-order chi connectivity index (χ0) is 16.8. The second-order valence-corrected chi connectivity index (χ2v) is 9.89. The minimum atomic E-state index is -2.06. The number of unbranched alkanes of at least 4 members (excludes halogenated alkanes) is 1. The number of hydrogen-bond acceptors (Lipinski definition) is 9. The Morgan fingerprint density at radius 1 is 1.32 bits per heavy atom. The van der Waals surface area contributed by atoms with Gasteiger partial charge >= 0.3 is 6.09 Å². The van der Waals surface area contributed by atoms with E-state index < -0.39 is 12.6 Å². The Bertz CT molecular complexity index is 391. The largest absolute Gasteiger partial charge is 0.434 e. The summed E-state index contributed by atoms with van der Waals surface area (Å²) < 4.78 is 13.6. The number of rotatable bonds is 11. The van der Waals surface area contributed by atoms with E-state index in [1.165, 1.54) is 23.7 Å². The lowest BCUT2D eigenvalue weighted by molar-refractivity contribution is 0.153. The van der Waals surface area contributed by atoms with Crippen molar-refractivity contribution < 1.29 is 18.7 Å². The Kier molecular flexibility index (Phi) is 13.7. The van der Waals surface area contributed by atoms with Crippen LogP contribution in [0.15, 0.2) is 5.16 Å². The fraction of sp³-hybridized carbons (Fsp3) is 0.818. The molecule has 0 aliphatic carbocycles. The minimum Gasteiger partial charge on any atom is -0.333 e. The van der Waals surface area contributed by atoms with Crippen LogP contribution in [0.4, 0.5) is 4.79 Å². The molecule has 0 rings (SSSR count). The van der Waals surface area contributed by atoms with Crippen LogP contribution in [-0.4, -0.2) is 50.2 Å². The van der Waals surface area contributed by atoms with E-state index in [4.69, 9.17) is 20.9 Å². The van der Waals surface area contributed by atoms with Gasteiger partial charge < -0.3 is 14.4 Å². The van der Waals surface area contributed by atoms with Crippen molar-refractivity contribution in [2.45, 2.75) is 19.8 Å². The second-order valence-electron chi connectivity index (χ2n) is 3.96. The molecule has 11 heteroatoms. The molecule has 0 spiro atoms. The van der Waals surface area contributed by atoms with Gasteiger partial charge in [0.05, 0.1) is 5.88 Å². The van der Waals surface area contributed by atoms with Crippen LogP contribution >= 0.6 is 30.2 Å². The lowest BCUT2D eigenvalue weighted by atomic mass is 10.3. The van der Waals surface area contributed by atoms with Gasteiger partial charge in [0.25, 0.3) is 0 Å². The van der Waals surface area contributed by atoms with E-state index in [1.54, 1.807) is 21.1 Å². The summed E-state index contributed by atoms with van der Waals surface area (Å²) in [7, 11) is 3.18. The van der Waals surface area contributed by atoms with Gasteiger partial charge in [-0.1, -0.05) is 17.1 Å². The van der Waals surface area contributed by atoms with E-state index in [9.17, 15) is 4.79 Å². The molecule has 0 fully saturated rings. The lowest BCUT2D eigenvalue weighted by Crippen LogP contribution is -2.24. The van der Waals surface area contributed by atoms with E-state index in [1.807, 2.05) is 6.26 Å². The Morgan fingerprint density at radius 2 is 2.00 bits per heavy atom. The van der Waals surface area contributed by atoms with Gasteiger partial charge in [0.2, 0.25) is 0 Å². The molecular weight excluding hydrogens is 365 g/mol. The van der Waals surface area contributed by atoms with Crippen LogP contribution in [0.25, 0.3) is 0 Å². The Morgan fingerprint density at radius 3 is 2.59 bits per heavy atom. The van der Waals surface area contributed by atoms with Crippen molar-refractivity contribution in [2.24, 2.45) is 5.16 Å². The van der Waals surface area contributed by atoms with Crippen molar-refractivity contribution in [1.29, 1.82) is 0 Å². The predicted molar refractivity (Wildman–Crippen MR) is 99.1 cm³/mol. The Labute approximate surface area is 146 Å². The zero-order valence-electron chi connectivity index (χ0n) is 13.3. The Hall–Kier alpha value is 0.170. The molecule has 0 aromatic rings. The number of oxime groups is 1. The van der Waals surface area contributed by atoms with Crippen LogP contribution in [0.3, 0.4) is 0 Å². The first-order valence-corrected chi connectivity index (χ1v) is 11.6. The summed E-state index contributed by atoms with van der Waals surface area (Å²) in [6.07, 6.45) is 3.95. The van der Waals surface area contributed by atoms with Crippen molar-refractivity contribution in [1.82, 2.24) is 10.0 Å². The number of nitrogens with zero attached hydrogens (tertiary/aromatic N) is 1. The van der Waals surface area contributed by atoms with E-state index >= 15 is 0 Å². The van der Waals surface area contributed by atoms with Crippen molar-refractivity contribution in [3.63, 3.8) is 0 Å². The molecule has 0 heterocycles. The highest BCUT2D eigenvalue weighted by Gasteiger charge is 2.13. The van der Waals surface area contributed by atoms with Gasteiger partial charge in [-0.3, -0.25) is 9.56 Å². The van der Waals surface area contributed by atoms with Crippen LogP contribution in [0, 0.1) is 0 Å². The first-order chi connectivity index (χ1) is 10.5. The number of thioether (sulfide) groups is 1. The second kappa shape index (κ2) is 13.6. The number of carbonyl (C=O) groups excluding carboxylic acids is 1. The molecule has 0 unspecified atom stereocenters. The molecule has 130 valence electrons. The van der Waals surface area contributed by atoms with Crippen molar-refractivity contribution >= 4 is 53.1 Å². The van der Waals surface area contributed by atoms with Crippen molar-refractivity contribution in [3.05, 3.63) is 0 Å². The molecular formula is C11H24N3O4PS3. The zero-order valence-corrected chi connectivity index (χ0v) is 16.6. The summed E-state index contributed by atoms with van der Waals surface area (Å²) in [6.45, 7) is 0.515. The first-order valence-electron chi connectivity index (χ1n) is 6.56. The van der Waals surface area contributed by atoms with Gasteiger partial charge in [0.1, 0.15) is 5.04 Å². The number of amides is 1. The topological polar surface area (TPSA) is 81.2 Å². The molecule has 0 aliphatic rings. The smallest absolute Gasteiger partial charge is 0.333 e. The standard InChI is InChI=1S/C11H24N3O4PS3/c1-10(21-4)14-18-11(15)12-9-22-13-7-5-6-8-19(20,16-2)17-3/h13H,5-9H2,1-4H3,(H,12,15). The molecule has 0 aromatic heterocycles. The van der Waals surface area contributed by atoms with Gasteiger partial charge in [-0.2, -0.15) is 0 Å². The summed E-state index contributed by atoms with van der Waals surface area (Å²) in [5, 5.41) is 6.88. The highest BCUT2D eigenvalue weighted by Crippen LogP contribution is 2.47. The monoisotopic (exact) mass is 389 g/mol. The van der Waals surface area contributed by atoms with E-state index in [2.05, 4.69) is 20.0 Å². The van der Waals surface area contributed by atoms with Gasteiger partial charge in [0.15, 0.2) is 6.49 Å².